The maximum Gasteiger partial charge on any atom is 0.329 e. The summed E-state index contributed by atoms with van der Waals surface area (Å²) in [6.07, 6.45) is 3.29. The van der Waals surface area contributed by atoms with Crippen molar-refractivity contribution >= 4 is 25.1 Å². The van der Waals surface area contributed by atoms with Crippen LogP contribution in [0.25, 0.3) is 0 Å². The third kappa shape index (κ3) is 8.94. The lowest BCUT2D eigenvalue weighted by molar-refractivity contribution is -0.156. The molecular formula is C40H44N3O5P. The molecule has 4 aromatic rings. The SMILES string of the molecule is O=C(OCc1ccccc1)[C@@H]1CCCN1C(=O)[C@@H]1CCCN1C(=O)[C@H](Cc1ccccc1)NP(=O)(Cc1ccccc1)Cc1ccccc1. The molecule has 2 heterocycles. The van der Waals surface area contributed by atoms with Gasteiger partial charge in [0.25, 0.3) is 0 Å². The van der Waals surface area contributed by atoms with Crippen molar-refractivity contribution in [3.63, 3.8) is 0 Å². The molecule has 2 saturated heterocycles. The summed E-state index contributed by atoms with van der Waals surface area (Å²) >= 11 is 0. The second-order valence-electron chi connectivity index (χ2n) is 13.0. The molecule has 0 aliphatic carbocycles. The zero-order valence-corrected chi connectivity index (χ0v) is 28.6. The van der Waals surface area contributed by atoms with Crippen LogP contribution in [0.2, 0.25) is 0 Å². The molecule has 2 aliphatic heterocycles. The predicted octanol–water partition coefficient (Wildman–Crippen LogP) is 6.59. The summed E-state index contributed by atoms with van der Waals surface area (Å²) in [5, 5.41) is 3.41. The van der Waals surface area contributed by atoms with Gasteiger partial charge in [-0.1, -0.05) is 121 Å². The Morgan fingerprint density at radius 3 is 1.67 bits per heavy atom. The van der Waals surface area contributed by atoms with Gasteiger partial charge in [-0.05, 0) is 54.4 Å². The standard InChI is InChI=1S/C40H44N3O5P/c44-38(42-25-13-23-36(42)39(45)43-26-14-24-37(43)40(46)48-28-32-17-7-2-8-18-32)35(27-31-15-5-1-6-16-31)41-49(47,29-33-19-9-3-10-20-33)30-34-21-11-4-12-22-34/h1-12,15-22,35-37H,13-14,23-30H2,(H,41,47)/t35-,36-,37-/m0/s1. The molecule has 0 radical (unpaired) electrons. The zero-order valence-electron chi connectivity index (χ0n) is 27.7. The lowest BCUT2D eigenvalue weighted by Gasteiger charge is -2.34. The van der Waals surface area contributed by atoms with E-state index in [4.69, 9.17) is 4.74 Å². The first-order valence-electron chi connectivity index (χ1n) is 17.2. The van der Waals surface area contributed by atoms with E-state index in [1.807, 2.05) is 121 Å². The maximum absolute atomic E-state index is 15.0. The van der Waals surface area contributed by atoms with Crippen molar-refractivity contribution in [2.24, 2.45) is 0 Å². The van der Waals surface area contributed by atoms with Crippen LogP contribution in [0.3, 0.4) is 0 Å². The molecule has 0 bridgehead atoms. The summed E-state index contributed by atoms with van der Waals surface area (Å²) < 4.78 is 20.6. The molecule has 2 fully saturated rings. The third-order valence-electron chi connectivity index (χ3n) is 9.39. The van der Waals surface area contributed by atoms with Crippen molar-refractivity contribution in [3.05, 3.63) is 144 Å². The summed E-state index contributed by atoms with van der Waals surface area (Å²) in [5.41, 5.74) is 3.66. The minimum atomic E-state index is -3.22. The van der Waals surface area contributed by atoms with Gasteiger partial charge in [0, 0.05) is 25.4 Å². The Morgan fingerprint density at radius 1 is 0.653 bits per heavy atom. The van der Waals surface area contributed by atoms with E-state index in [0.717, 1.165) is 22.3 Å². The predicted molar refractivity (Wildman–Crippen MR) is 191 cm³/mol. The van der Waals surface area contributed by atoms with Gasteiger partial charge < -0.3 is 19.1 Å². The molecule has 0 saturated carbocycles. The quantitative estimate of drug-likeness (QED) is 0.127. The van der Waals surface area contributed by atoms with Crippen LogP contribution in [0.15, 0.2) is 121 Å². The molecule has 2 aliphatic rings. The summed E-state index contributed by atoms with van der Waals surface area (Å²) in [6, 6.07) is 36.4. The number of nitrogens with zero attached hydrogens (tertiary/aromatic N) is 2. The average Bonchev–Trinajstić information content (AvgIpc) is 3.83. The molecule has 3 atom stereocenters. The highest BCUT2D eigenvalue weighted by molar-refractivity contribution is 7.60. The Hall–Kier alpha value is -4.52. The summed E-state index contributed by atoms with van der Waals surface area (Å²) in [6.45, 7) is 1.00. The first-order chi connectivity index (χ1) is 23.9. The number of nitrogens with one attached hydrogen (secondary N) is 1. The lowest BCUT2D eigenvalue weighted by atomic mass is 10.0. The van der Waals surface area contributed by atoms with Crippen molar-refractivity contribution in [3.8, 4) is 0 Å². The van der Waals surface area contributed by atoms with Crippen LogP contribution in [-0.2, 0) is 49.0 Å². The van der Waals surface area contributed by atoms with E-state index in [1.165, 1.54) is 0 Å². The molecule has 2 amide bonds. The van der Waals surface area contributed by atoms with E-state index >= 15 is 0 Å². The number of hydrogen-bond donors (Lipinski definition) is 1. The van der Waals surface area contributed by atoms with Gasteiger partial charge in [-0.2, -0.15) is 0 Å². The van der Waals surface area contributed by atoms with Crippen LogP contribution in [0.5, 0.6) is 0 Å². The molecule has 4 aromatic carbocycles. The van der Waals surface area contributed by atoms with E-state index in [1.54, 1.807) is 9.80 Å². The van der Waals surface area contributed by atoms with Crippen LogP contribution in [-0.4, -0.2) is 58.8 Å². The highest BCUT2D eigenvalue weighted by Gasteiger charge is 2.44. The molecule has 254 valence electrons. The van der Waals surface area contributed by atoms with Crippen LogP contribution < -0.4 is 5.09 Å². The number of ether oxygens (including phenoxy) is 1. The molecule has 0 aromatic heterocycles. The molecule has 1 N–H and O–H groups in total. The molecular weight excluding hydrogens is 633 g/mol. The molecule has 0 unspecified atom stereocenters. The van der Waals surface area contributed by atoms with Crippen LogP contribution in [0.4, 0.5) is 0 Å². The van der Waals surface area contributed by atoms with Crippen molar-refractivity contribution in [2.75, 3.05) is 13.1 Å². The van der Waals surface area contributed by atoms with Crippen LogP contribution in [0, 0.1) is 0 Å². The second-order valence-corrected chi connectivity index (χ2v) is 15.7. The normalized spacial score (nSPS) is 18.3. The third-order valence-corrected chi connectivity index (χ3v) is 11.9. The Kier molecular flexibility index (Phi) is 11.4. The Labute approximate surface area is 288 Å². The van der Waals surface area contributed by atoms with Crippen LogP contribution in [0.1, 0.15) is 47.9 Å². The number of amides is 2. The highest BCUT2D eigenvalue weighted by atomic mass is 31.2. The Bertz CT molecular complexity index is 1690. The van der Waals surface area contributed by atoms with Crippen molar-refractivity contribution in [1.29, 1.82) is 0 Å². The van der Waals surface area contributed by atoms with Gasteiger partial charge in [0.1, 0.15) is 18.7 Å². The second kappa shape index (κ2) is 16.3. The number of benzene rings is 4. The number of carbonyl (C=O) groups is 3. The monoisotopic (exact) mass is 677 g/mol. The number of carbonyl (C=O) groups excluding carboxylic acids is 3. The highest BCUT2D eigenvalue weighted by Crippen LogP contribution is 2.49. The fourth-order valence-electron chi connectivity index (χ4n) is 7.01. The topological polar surface area (TPSA) is 96.0 Å². The van der Waals surface area contributed by atoms with Gasteiger partial charge in [-0.3, -0.25) is 14.7 Å². The van der Waals surface area contributed by atoms with E-state index in [0.29, 0.717) is 45.2 Å². The fraction of sp³-hybridized carbons (Fsp3) is 0.325. The van der Waals surface area contributed by atoms with Gasteiger partial charge in [0.2, 0.25) is 11.8 Å². The molecule has 49 heavy (non-hydrogen) atoms. The Morgan fingerprint density at radius 2 is 1.12 bits per heavy atom. The minimum Gasteiger partial charge on any atom is -0.459 e. The number of hydrogen-bond acceptors (Lipinski definition) is 5. The Balaban J connectivity index is 1.23. The maximum atomic E-state index is 15.0. The van der Waals surface area contributed by atoms with E-state index in [-0.39, 0.29) is 30.7 Å². The first kappa shape index (κ1) is 34.3. The molecule has 6 rings (SSSR count). The number of rotatable bonds is 13. The summed E-state index contributed by atoms with van der Waals surface area (Å²) in [7, 11) is -3.22. The smallest absolute Gasteiger partial charge is 0.329 e. The number of esters is 1. The zero-order chi connectivity index (χ0) is 34.1. The van der Waals surface area contributed by atoms with Crippen molar-refractivity contribution in [2.45, 2.75) is 69.2 Å². The van der Waals surface area contributed by atoms with Crippen LogP contribution >= 0.6 is 7.29 Å². The fourth-order valence-corrected chi connectivity index (χ4v) is 9.67. The van der Waals surface area contributed by atoms with Gasteiger partial charge in [-0.25, -0.2) is 4.79 Å². The van der Waals surface area contributed by atoms with Gasteiger partial charge in [0.05, 0.1) is 6.04 Å². The van der Waals surface area contributed by atoms with E-state index < -0.39 is 31.4 Å². The van der Waals surface area contributed by atoms with Gasteiger partial charge >= 0.3 is 5.97 Å². The average molecular weight is 678 g/mol. The lowest BCUT2D eigenvalue weighted by Crippen LogP contribution is -2.55. The molecule has 8 nitrogen and oxygen atoms in total. The summed E-state index contributed by atoms with van der Waals surface area (Å²) in [5.74, 6) is -0.888. The van der Waals surface area contributed by atoms with Crippen molar-refractivity contribution < 1.29 is 23.7 Å². The largest absolute Gasteiger partial charge is 0.459 e. The van der Waals surface area contributed by atoms with Gasteiger partial charge in [0.15, 0.2) is 7.29 Å². The minimum absolute atomic E-state index is 0.144. The van der Waals surface area contributed by atoms with Crippen molar-refractivity contribution in [1.82, 2.24) is 14.9 Å². The van der Waals surface area contributed by atoms with Gasteiger partial charge in [-0.15, -0.1) is 0 Å². The van der Waals surface area contributed by atoms with E-state index in [2.05, 4.69) is 5.09 Å². The molecule has 0 spiro atoms. The number of likely N-dealkylation sites (tertiary alicyclic amines) is 2. The summed E-state index contributed by atoms with van der Waals surface area (Å²) in [4.78, 5) is 45.2. The first-order valence-corrected chi connectivity index (χ1v) is 19.3. The van der Waals surface area contributed by atoms with E-state index in [9.17, 15) is 18.9 Å². The molecule has 9 heteroatoms.